The molecule has 0 radical (unpaired) electrons. The second kappa shape index (κ2) is 12.9. The van der Waals surface area contributed by atoms with Crippen molar-refractivity contribution in [1.29, 1.82) is 0 Å². The monoisotopic (exact) mass is 419 g/mol. The van der Waals surface area contributed by atoms with Gasteiger partial charge in [-0.1, -0.05) is 18.6 Å². The number of carboxylic acids is 2. The average molecular weight is 419 g/mol. The molecular weight excluding hydrogens is 394 g/mol. The molecule has 162 valence electrons. The Balaban J connectivity index is 0.000000303. The van der Waals surface area contributed by atoms with E-state index in [-0.39, 0.29) is 24.4 Å². The summed E-state index contributed by atoms with van der Waals surface area (Å²) in [6.45, 7) is 0. The van der Waals surface area contributed by atoms with Crippen LogP contribution in [-0.4, -0.2) is 46.7 Å². The van der Waals surface area contributed by atoms with E-state index >= 15 is 0 Å². The lowest BCUT2D eigenvalue weighted by Crippen LogP contribution is -2.27. The second-order valence-corrected chi connectivity index (χ2v) is 6.49. The Morgan fingerprint density at radius 2 is 1.80 bits per heavy atom. The van der Waals surface area contributed by atoms with Crippen LogP contribution in [0.5, 0.6) is 5.75 Å². The summed E-state index contributed by atoms with van der Waals surface area (Å²) in [5.41, 5.74) is 0.491. The summed E-state index contributed by atoms with van der Waals surface area (Å²) in [5, 5.41) is 19.2. The highest BCUT2D eigenvalue weighted by Gasteiger charge is 2.28. The number of carbonyl (C=O) groups is 5. The summed E-state index contributed by atoms with van der Waals surface area (Å²) >= 11 is 0. The van der Waals surface area contributed by atoms with E-state index in [1.807, 2.05) is 0 Å². The number of hydrogen-bond acceptors (Lipinski definition) is 6. The molecule has 30 heavy (non-hydrogen) atoms. The minimum Gasteiger partial charge on any atom is -0.495 e. The number of benzene rings is 1. The van der Waals surface area contributed by atoms with Crippen LogP contribution in [0.15, 0.2) is 36.4 Å². The quantitative estimate of drug-likeness (QED) is 0.430. The van der Waals surface area contributed by atoms with Crippen molar-refractivity contribution >= 4 is 35.1 Å². The lowest BCUT2D eigenvalue weighted by Gasteiger charge is -2.18. The van der Waals surface area contributed by atoms with Gasteiger partial charge in [-0.05, 0) is 25.0 Å². The van der Waals surface area contributed by atoms with E-state index in [1.165, 1.54) is 7.11 Å². The molecule has 3 N–H and O–H groups in total. The van der Waals surface area contributed by atoms with Gasteiger partial charge in [-0.15, -0.1) is 0 Å². The molecule has 0 bridgehead atoms. The maximum atomic E-state index is 11.4. The summed E-state index contributed by atoms with van der Waals surface area (Å²) in [7, 11) is 1.48. The molecule has 0 saturated heterocycles. The number of methoxy groups -OCH3 is 1. The maximum absolute atomic E-state index is 11.4. The topological polar surface area (TPSA) is 147 Å². The Kier molecular flexibility index (Phi) is 10.5. The third-order valence-electron chi connectivity index (χ3n) is 4.27. The number of para-hydroxylation sites is 2. The summed E-state index contributed by atoms with van der Waals surface area (Å²) in [5.74, 6) is -2.88. The van der Waals surface area contributed by atoms with E-state index in [4.69, 9.17) is 14.9 Å². The number of anilines is 1. The summed E-state index contributed by atoms with van der Waals surface area (Å²) in [6, 6.07) is 6.85. The van der Waals surface area contributed by atoms with Gasteiger partial charge in [0.15, 0.2) is 0 Å². The largest absolute Gasteiger partial charge is 0.495 e. The summed E-state index contributed by atoms with van der Waals surface area (Å²) in [4.78, 5) is 54.4. The SMILES string of the molecule is COc1ccccc1NC(=O)/C=C\C(=O)O.O=C(O)CCC(=O)C1CCCCC1=O. The molecule has 1 aromatic rings. The summed E-state index contributed by atoms with van der Waals surface area (Å²) in [6.07, 6.45) is 4.38. The first-order valence-corrected chi connectivity index (χ1v) is 9.36. The molecular formula is C21H25NO8. The van der Waals surface area contributed by atoms with Crippen molar-refractivity contribution < 1.29 is 38.9 Å². The normalized spacial score (nSPS) is 15.6. The first-order valence-electron chi connectivity index (χ1n) is 9.36. The van der Waals surface area contributed by atoms with Crippen LogP contribution in [-0.2, 0) is 24.0 Å². The molecule has 1 saturated carbocycles. The number of aliphatic carboxylic acids is 2. The molecule has 1 aliphatic carbocycles. The van der Waals surface area contributed by atoms with Gasteiger partial charge >= 0.3 is 11.9 Å². The van der Waals surface area contributed by atoms with Crippen LogP contribution in [0.2, 0.25) is 0 Å². The van der Waals surface area contributed by atoms with Crippen LogP contribution < -0.4 is 10.1 Å². The lowest BCUT2D eigenvalue weighted by atomic mass is 9.84. The predicted octanol–water partition coefficient (Wildman–Crippen LogP) is 2.45. The number of carboxylic acid groups (broad SMARTS) is 2. The molecule has 1 amide bonds. The number of rotatable bonds is 8. The first-order chi connectivity index (χ1) is 14.2. The second-order valence-electron chi connectivity index (χ2n) is 6.49. The molecule has 1 aromatic carbocycles. The zero-order valence-corrected chi connectivity index (χ0v) is 16.6. The number of carbonyl (C=O) groups excluding carboxylic acids is 3. The number of ether oxygens (including phenoxy) is 1. The van der Waals surface area contributed by atoms with Crippen molar-refractivity contribution in [2.75, 3.05) is 12.4 Å². The van der Waals surface area contributed by atoms with Crippen molar-refractivity contribution in [2.24, 2.45) is 5.92 Å². The Morgan fingerprint density at radius 1 is 1.10 bits per heavy atom. The molecule has 0 spiro atoms. The van der Waals surface area contributed by atoms with Gasteiger partial charge in [-0.3, -0.25) is 19.2 Å². The molecule has 1 unspecified atom stereocenters. The van der Waals surface area contributed by atoms with Crippen LogP contribution in [0.4, 0.5) is 5.69 Å². The van der Waals surface area contributed by atoms with Crippen LogP contribution in [0.1, 0.15) is 38.5 Å². The van der Waals surface area contributed by atoms with Gasteiger partial charge in [0.1, 0.15) is 17.3 Å². The Bertz CT molecular complexity index is 815. The summed E-state index contributed by atoms with van der Waals surface area (Å²) < 4.78 is 5.02. The van der Waals surface area contributed by atoms with Gasteiger partial charge in [-0.25, -0.2) is 4.79 Å². The minimum absolute atomic E-state index is 0.00774. The van der Waals surface area contributed by atoms with Crippen molar-refractivity contribution in [2.45, 2.75) is 38.5 Å². The molecule has 1 fully saturated rings. The zero-order chi connectivity index (χ0) is 22.5. The number of ketones is 2. The van der Waals surface area contributed by atoms with Gasteiger partial charge in [0, 0.05) is 25.0 Å². The van der Waals surface area contributed by atoms with E-state index in [1.54, 1.807) is 24.3 Å². The lowest BCUT2D eigenvalue weighted by molar-refractivity contribution is -0.141. The molecule has 9 heteroatoms. The molecule has 0 heterocycles. The third kappa shape index (κ3) is 9.13. The smallest absolute Gasteiger partial charge is 0.328 e. The fourth-order valence-corrected chi connectivity index (χ4v) is 2.80. The van der Waals surface area contributed by atoms with E-state index in [0.29, 0.717) is 24.3 Å². The highest BCUT2D eigenvalue weighted by atomic mass is 16.5. The van der Waals surface area contributed by atoms with Gasteiger partial charge in [0.05, 0.1) is 25.1 Å². The number of hydrogen-bond donors (Lipinski definition) is 3. The molecule has 9 nitrogen and oxygen atoms in total. The number of amides is 1. The van der Waals surface area contributed by atoms with E-state index in [0.717, 1.165) is 25.0 Å². The average Bonchev–Trinajstić information content (AvgIpc) is 2.71. The molecule has 0 aromatic heterocycles. The van der Waals surface area contributed by atoms with E-state index < -0.39 is 23.8 Å². The highest BCUT2D eigenvalue weighted by Crippen LogP contribution is 2.23. The van der Waals surface area contributed by atoms with Crippen LogP contribution in [0.25, 0.3) is 0 Å². The standard InChI is InChI=1S/C11H11NO4.C10H14O4/c1-16-9-5-3-2-4-8(9)12-10(13)6-7-11(14)15;11-8-4-2-1-3-7(8)9(12)5-6-10(13)14/h2-7H,1H3,(H,12,13)(H,14,15);7H,1-6H2,(H,13,14)/b7-6-;. The van der Waals surface area contributed by atoms with Crippen LogP contribution in [0, 0.1) is 5.92 Å². The minimum atomic E-state index is -1.17. The van der Waals surface area contributed by atoms with Crippen LogP contribution >= 0.6 is 0 Å². The Hall–Kier alpha value is -3.49. The van der Waals surface area contributed by atoms with Gasteiger partial charge in [0.25, 0.3) is 0 Å². The van der Waals surface area contributed by atoms with Crippen molar-refractivity contribution in [3.05, 3.63) is 36.4 Å². The molecule has 1 atom stereocenters. The predicted molar refractivity (Wildman–Crippen MR) is 107 cm³/mol. The zero-order valence-electron chi connectivity index (χ0n) is 16.6. The first kappa shape index (κ1) is 24.5. The Labute approximate surface area is 173 Å². The molecule has 0 aliphatic heterocycles. The number of Topliss-reactive ketones (excluding diaryl/α,β-unsaturated/α-hetero) is 2. The fourth-order valence-electron chi connectivity index (χ4n) is 2.80. The number of nitrogens with one attached hydrogen (secondary N) is 1. The van der Waals surface area contributed by atoms with Gasteiger partial charge < -0.3 is 20.3 Å². The maximum Gasteiger partial charge on any atom is 0.328 e. The third-order valence-corrected chi connectivity index (χ3v) is 4.27. The van der Waals surface area contributed by atoms with Crippen molar-refractivity contribution in [3.63, 3.8) is 0 Å². The molecule has 2 rings (SSSR count). The van der Waals surface area contributed by atoms with Gasteiger partial charge in [-0.2, -0.15) is 0 Å². The van der Waals surface area contributed by atoms with Crippen LogP contribution in [0.3, 0.4) is 0 Å². The highest BCUT2D eigenvalue weighted by molar-refractivity contribution is 6.03. The van der Waals surface area contributed by atoms with Crippen molar-refractivity contribution in [3.8, 4) is 5.75 Å². The van der Waals surface area contributed by atoms with E-state index in [9.17, 15) is 24.0 Å². The fraction of sp³-hybridized carbons (Fsp3) is 0.381. The van der Waals surface area contributed by atoms with E-state index in [2.05, 4.69) is 5.32 Å². The van der Waals surface area contributed by atoms with Gasteiger partial charge in [0.2, 0.25) is 5.91 Å². The molecule has 1 aliphatic rings. The van der Waals surface area contributed by atoms with Crippen molar-refractivity contribution in [1.82, 2.24) is 0 Å². The Morgan fingerprint density at radius 3 is 2.40 bits per heavy atom.